The molecule has 8 nitrogen and oxygen atoms in total. The molecule has 1 aromatic heterocycles. The Balaban J connectivity index is 1.42. The first-order valence-electron chi connectivity index (χ1n) is 8.80. The molecule has 2 saturated heterocycles. The van der Waals surface area contributed by atoms with Gasteiger partial charge in [-0.25, -0.2) is 4.79 Å². The van der Waals surface area contributed by atoms with Gasteiger partial charge in [0.1, 0.15) is 11.5 Å². The second kappa shape index (κ2) is 7.76. The van der Waals surface area contributed by atoms with Crippen LogP contribution in [0.2, 0.25) is 0 Å². The molecule has 3 heterocycles. The Labute approximate surface area is 148 Å². The van der Waals surface area contributed by atoms with Crippen LogP contribution < -0.4 is 5.32 Å². The summed E-state index contributed by atoms with van der Waals surface area (Å²) in [5.41, 5.74) is 0. The van der Waals surface area contributed by atoms with Gasteiger partial charge in [-0.1, -0.05) is 0 Å². The van der Waals surface area contributed by atoms with Gasteiger partial charge in [0.15, 0.2) is 0 Å². The maximum Gasteiger partial charge on any atom is 0.317 e. The van der Waals surface area contributed by atoms with Gasteiger partial charge in [-0.15, -0.1) is 0 Å². The smallest absolute Gasteiger partial charge is 0.317 e. The van der Waals surface area contributed by atoms with Crippen LogP contribution in [0, 0.1) is 6.92 Å². The topological polar surface area (TPSA) is 86.1 Å². The maximum atomic E-state index is 12.5. The zero-order valence-electron chi connectivity index (χ0n) is 14.6. The summed E-state index contributed by atoms with van der Waals surface area (Å²) in [6.07, 6.45) is 2.50. The van der Waals surface area contributed by atoms with Crippen molar-refractivity contribution in [1.29, 1.82) is 0 Å². The molecule has 2 fully saturated rings. The molecule has 9 heteroatoms. The zero-order chi connectivity index (χ0) is 17.9. The molecule has 3 rings (SSSR count). The van der Waals surface area contributed by atoms with Crippen LogP contribution in [-0.2, 0) is 16.6 Å². The van der Waals surface area contributed by atoms with Gasteiger partial charge in [0.05, 0.1) is 0 Å². The van der Waals surface area contributed by atoms with Crippen molar-refractivity contribution in [3.05, 3.63) is 23.7 Å². The first-order valence-corrected chi connectivity index (χ1v) is 10.2. The lowest BCUT2D eigenvalue weighted by atomic mass is 10.3. The predicted octanol–water partition coefficient (Wildman–Crippen LogP) is 0.798. The lowest BCUT2D eigenvalue weighted by Crippen LogP contribution is -2.55. The number of aryl methyl sites for hydroxylation is 1. The van der Waals surface area contributed by atoms with E-state index in [1.54, 1.807) is 9.21 Å². The quantitative estimate of drug-likeness (QED) is 0.831. The van der Waals surface area contributed by atoms with E-state index in [4.69, 9.17) is 4.42 Å². The molecule has 140 valence electrons. The monoisotopic (exact) mass is 370 g/mol. The summed E-state index contributed by atoms with van der Waals surface area (Å²) in [6, 6.07) is 3.65. The molecule has 0 saturated carbocycles. The highest BCUT2D eigenvalue weighted by Crippen LogP contribution is 2.18. The molecule has 0 bridgehead atoms. The largest absolute Gasteiger partial charge is 0.466 e. The summed E-state index contributed by atoms with van der Waals surface area (Å²) in [6.45, 7) is 5.13. The van der Waals surface area contributed by atoms with E-state index in [1.165, 1.54) is 4.31 Å². The molecule has 0 atom stereocenters. The van der Waals surface area contributed by atoms with E-state index >= 15 is 0 Å². The van der Waals surface area contributed by atoms with Crippen molar-refractivity contribution in [3.8, 4) is 0 Å². The van der Waals surface area contributed by atoms with Gasteiger partial charge in [0.2, 0.25) is 0 Å². The third-order valence-electron chi connectivity index (χ3n) is 4.69. The lowest BCUT2D eigenvalue weighted by molar-refractivity contribution is 0.170. The van der Waals surface area contributed by atoms with Crippen LogP contribution in [0.3, 0.4) is 0 Å². The Bertz CT molecular complexity index is 689. The molecule has 2 aliphatic heterocycles. The highest BCUT2D eigenvalue weighted by atomic mass is 32.2. The van der Waals surface area contributed by atoms with E-state index in [9.17, 15) is 13.2 Å². The molecule has 0 aromatic carbocycles. The Morgan fingerprint density at radius 3 is 2.32 bits per heavy atom. The normalized spacial score (nSPS) is 20.1. The number of amides is 2. The average molecular weight is 370 g/mol. The minimum Gasteiger partial charge on any atom is -0.466 e. The lowest BCUT2D eigenvalue weighted by Gasteiger charge is -2.35. The fraction of sp³-hybridized carbons (Fsp3) is 0.688. The Morgan fingerprint density at radius 2 is 1.72 bits per heavy atom. The number of piperazine rings is 1. The van der Waals surface area contributed by atoms with Crippen LogP contribution in [0.1, 0.15) is 24.4 Å². The van der Waals surface area contributed by atoms with Crippen molar-refractivity contribution in [2.24, 2.45) is 0 Å². The minimum absolute atomic E-state index is 0.151. The number of hydrogen-bond donors (Lipinski definition) is 1. The van der Waals surface area contributed by atoms with Crippen LogP contribution in [0.4, 0.5) is 4.79 Å². The van der Waals surface area contributed by atoms with Crippen LogP contribution in [0.5, 0.6) is 0 Å². The molecule has 1 aromatic rings. The van der Waals surface area contributed by atoms with Gasteiger partial charge in [0.25, 0.3) is 10.2 Å². The van der Waals surface area contributed by atoms with Crippen LogP contribution in [-0.4, -0.2) is 73.8 Å². The van der Waals surface area contributed by atoms with E-state index in [2.05, 4.69) is 5.32 Å². The van der Waals surface area contributed by atoms with Gasteiger partial charge < -0.3 is 14.6 Å². The highest BCUT2D eigenvalue weighted by Gasteiger charge is 2.34. The summed E-state index contributed by atoms with van der Waals surface area (Å²) in [5, 5.41) is 2.87. The Hall–Kier alpha value is -1.58. The number of nitrogens with zero attached hydrogens (tertiary/aromatic N) is 3. The molecule has 25 heavy (non-hydrogen) atoms. The number of rotatable bonds is 5. The minimum atomic E-state index is -3.37. The third kappa shape index (κ3) is 4.34. The summed E-state index contributed by atoms with van der Waals surface area (Å²) in [4.78, 5) is 13.9. The van der Waals surface area contributed by atoms with Crippen molar-refractivity contribution in [1.82, 2.24) is 18.8 Å². The predicted molar refractivity (Wildman–Crippen MR) is 93.4 cm³/mol. The number of nitrogens with one attached hydrogen (secondary N) is 1. The molecule has 0 spiro atoms. The van der Waals surface area contributed by atoms with Crippen molar-refractivity contribution in [2.75, 3.05) is 45.8 Å². The van der Waals surface area contributed by atoms with Gasteiger partial charge in [0, 0.05) is 52.2 Å². The van der Waals surface area contributed by atoms with E-state index in [1.807, 2.05) is 19.1 Å². The molecule has 0 unspecified atom stereocenters. The fourth-order valence-electron chi connectivity index (χ4n) is 3.23. The standard InChI is InChI=1S/C16H26N4O4S/c1-14-4-5-15(24-14)6-7-17-16(21)18-10-12-20(13-11-18)25(22,23)19-8-2-3-9-19/h4-5H,2-3,6-13H2,1H3,(H,17,21). The van der Waals surface area contributed by atoms with E-state index < -0.39 is 10.2 Å². The third-order valence-corrected chi connectivity index (χ3v) is 6.72. The second-order valence-corrected chi connectivity index (χ2v) is 8.42. The Kier molecular flexibility index (Phi) is 5.65. The molecule has 2 amide bonds. The number of urea groups is 1. The van der Waals surface area contributed by atoms with Crippen molar-refractivity contribution < 1.29 is 17.6 Å². The van der Waals surface area contributed by atoms with Gasteiger partial charge in [-0.3, -0.25) is 0 Å². The molecule has 1 N–H and O–H groups in total. The van der Waals surface area contributed by atoms with E-state index in [0.29, 0.717) is 52.2 Å². The maximum absolute atomic E-state index is 12.5. The first kappa shape index (κ1) is 18.2. The molecule has 2 aliphatic rings. The number of hydrogen-bond acceptors (Lipinski definition) is 4. The molecule has 0 aliphatic carbocycles. The summed E-state index contributed by atoms with van der Waals surface area (Å²) in [5.74, 6) is 1.70. The number of carbonyl (C=O) groups is 1. The van der Waals surface area contributed by atoms with Crippen molar-refractivity contribution in [2.45, 2.75) is 26.2 Å². The van der Waals surface area contributed by atoms with Crippen molar-refractivity contribution in [3.63, 3.8) is 0 Å². The van der Waals surface area contributed by atoms with Gasteiger partial charge in [-0.05, 0) is 31.9 Å². The SMILES string of the molecule is Cc1ccc(CCNC(=O)N2CCN(S(=O)(=O)N3CCCC3)CC2)o1. The number of carbonyl (C=O) groups excluding carboxylic acids is 1. The zero-order valence-corrected chi connectivity index (χ0v) is 15.4. The van der Waals surface area contributed by atoms with Crippen LogP contribution in [0.25, 0.3) is 0 Å². The summed E-state index contributed by atoms with van der Waals surface area (Å²) >= 11 is 0. The molecular formula is C16H26N4O4S. The summed E-state index contributed by atoms with van der Waals surface area (Å²) in [7, 11) is -3.37. The second-order valence-electron chi connectivity index (χ2n) is 6.49. The van der Waals surface area contributed by atoms with Gasteiger partial charge in [-0.2, -0.15) is 17.0 Å². The van der Waals surface area contributed by atoms with Crippen LogP contribution in [0.15, 0.2) is 16.5 Å². The van der Waals surface area contributed by atoms with Crippen LogP contribution >= 0.6 is 0 Å². The fourth-order valence-corrected chi connectivity index (χ4v) is 4.90. The summed E-state index contributed by atoms with van der Waals surface area (Å²) < 4.78 is 33.5. The first-order chi connectivity index (χ1) is 12.0. The van der Waals surface area contributed by atoms with Gasteiger partial charge >= 0.3 is 6.03 Å². The van der Waals surface area contributed by atoms with Crippen molar-refractivity contribution >= 4 is 16.2 Å². The van der Waals surface area contributed by atoms with E-state index in [-0.39, 0.29) is 6.03 Å². The Morgan fingerprint density at radius 1 is 1.08 bits per heavy atom. The highest BCUT2D eigenvalue weighted by molar-refractivity contribution is 7.86. The average Bonchev–Trinajstić information content (AvgIpc) is 3.27. The molecular weight excluding hydrogens is 344 g/mol. The molecule has 0 radical (unpaired) electrons. The number of furan rings is 1. The van der Waals surface area contributed by atoms with E-state index in [0.717, 1.165) is 24.4 Å².